The number of amides is 1. The second kappa shape index (κ2) is 6.94. The van der Waals surface area contributed by atoms with Gasteiger partial charge in [-0.2, -0.15) is 5.26 Å². The highest BCUT2D eigenvalue weighted by atomic mass is 32.1. The lowest BCUT2D eigenvalue weighted by atomic mass is 9.90. The van der Waals surface area contributed by atoms with Crippen molar-refractivity contribution in [1.82, 2.24) is 5.32 Å². The normalized spacial score (nSPS) is 21.6. The third-order valence-electron chi connectivity index (χ3n) is 4.91. The molecular weight excluding hydrogens is 324 g/mol. The average Bonchev–Trinajstić information content (AvgIpc) is 3.19. The van der Waals surface area contributed by atoms with Crippen molar-refractivity contribution < 1.29 is 14.3 Å². The van der Waals surface area contributed by atoms with Crippen LogP contribution in [0.2, 0.25) is 0 Å². The minimum atomic E-state index is -0.776. The van der Waals surface area contributed by atoms with Crippen molar-refractivity contribution in [2.45, 2.75) is 57.4 Å². The molecule has 128 valence electrons. The summed E-state index contributed by atoms with van der Waals surface area (Å²) in [7, 11) is 0. The number of carbonyl (C=O) groups excluding carboxylic acids is 2. The molecular formula is C18H22N2O3S. The molecule has 1 fully saturated rings. The van der Waals surface area contributed by atoms with Gasteiger partial charge in [0.15, 0.2) is 6.61 Å². The number of fused-ring (bicyclic) bond motifs is 1. The highest BCUT2D eigenvalue weighted by Gasteiger charge is 2.35. The fourth-order valence-electron chi connectivity index (χ4n) is 3.55. The van der Waals surface area contributed by atoms with E-state index in [1.807, 2.05) is 6.07 Å². The van der Waals surface area contributed by atoms with E-state index in [1.165, 1.54) is 21.8 Å². The lowest BCUT2D eigenvalue weighted by Gasteiger charge is -2.21. The predicted molar refractivity (Wildman–Crippen MR) is 90.7 cm³/mol. The topological polar surface area (TPSA) is 79.2 Å². The summed E-state index contributed by atoms with van der Waals surface area (Å²) in [5.74, 6) is -0.202. The highest BCUT2D eigenvalue weighted by Crippen LogP contribution is 2.32. The Labute approximate surface area is 146 Å². The Morgan fingerprint density at radius 3 is 2.92 bits per heavy atom. The lowest BCUT2D eigenvalue weighted by Crippen LogP contribution is -2.46. The fraction of sp³-hybridized carbons (Fsp3) is 0.611. The van der Waals surface area contributed by atoms with Gasteiger partial charge in [-0.3, -0.25) is 4.79 Å². The monoisotopic (exact) mass is 346 g/mol. The molecule has 2 aliphatic rings. The number of thiophene rings is 1. The summed E-state index contributed by atoms with van der Waals surface area (Å²) < 4.78 is 5.14. The van der Waals surface area contributed by atoms with Crippen molar-refractivity contribution in [1.29, 1.82) is 5.26 Å². The molecule has 1 aromatic heterocycles. The van der Waals surface area contributed by atoms with Gasteiger partial charge in [0.25, 0.3) is 5.91 Å². The van der Waals surface area contributed by atoms with E-state index in [9.17, 15) is 14.9 Å². The molecule has 1 heterocycles. The quantitative estimate of drug-likeness (QED) is 0.850. The van der Waals surface area contributed by atoms with Crippen LogP contribution in [0.3, 0.4) is 0 Å². The van der Waals surface area contributed by atoms with Crippen molar-refractivity contribution in [3.63, 3.8) is 0 Å². The van der Waals surface area contributed by atoms with E-state index < -0.39 is 17.4 Å². The summed E-state index contributed by atoms with van der Waals surface area (Å²) in [6, 6.07) is 4.10. The second-order valence-electron chi connectivity index (χ2n) is 6.93. The maximum absolute atomic E-state index is 12.2. The molecule has 1 amide bonds. The molecule has 1 saturated carbocycles. The van der Waals surface area contributed by atoms with Crippen molar-refractivity contribution in [3.05, 3.63) is 21.4 Å². The predicted octanol–water partition coefficient (Wildman–Crippen LogP) is 2.98. The molecule has 2 aliphatic carbocycles. The van der Waals surface area contributed by atoms with Crippen molar-refractivity contribution >= 4 is 23.2 Å². The molecule has 24 heavy (non-hydrogen) atoms. The number of ether oxygens (including phenoxy) is 1. The number of nitrogens with zero attached hydrogens (tertiary/aromatic N) is 1. The number of nitriles is 1. The van der Waals surface area contributed by atoms with Crippen LogP contribution in [0, 0.1) is 17.2 Å². The molecule has 5 nitrogen and oxygen atoms in total. The summed E-state index contributed by atoms with van der Waals surface area (Å²) in [5.41, 5.74) is 0.464. The molecule has 0 spiro atoms. The summed E-state index contributed by atoms with van der Waals surface area (Å²) >= 11 is 1.48. The van der Waals surface area contributed by atoms with Gasteiger partial charge >= 0.3 is 5.97 Å². The van der Waals surface area contributed by atoms with Gasteiger partial charge in [0.1, 0.15) is 10.4 Å². The van der Waals surface area contributed by atoms with Gasteiger partial charge < -0.3 is 10.1 Å². The van der Waals surface area contributed by atoms with Gasteiger partial charge in [-0.15, -0.1) is 11.3 Å². The van der Waals surface area contributed by atoms with Crippen LogP contribution in [0.1, 0.15) is 59.1 Å². The molecule has 0 bridgehead atoms. The average molecular weight is 346 g/mol. The van der Waals surface area contributed by atoms with Crippen LogP contribution in [0.25, 0.3) is 0 Å². The van der Waals surface area contributed by atoms with Gasteiger partial charge in [0.2, 0.25) is 0 Å². The zero-order chi connectivity index (χ0) is 17.2. The maximum atomic E-state index is 12.2. The van der Waals surface area contributed by atoms with Crippen LogP contribution in [0.5, 0.6) is 0 Å². The largest absolute Gasteiger partial charge is 0.451 e. The number of nitrogens with one attached hydrogen (secondary N) is 1. The Kier molecular flexibility index (Phi) is 4.91. The molecule has 3 rings (SSSR count). The Hall–Kier alpha value is -1.87. The SMILES string of the molecule is C[C@H]1CCc2sc(C(=O)OCC(=O)NC3(C#N)CCCC3)cc2C1. The van der Waals surface area contributed by atoms with Gasteiger partial charge in [0.05, 0.1) is 6.07 Å². The third kappa shape index (κ3) is 3.62. The first-order valence-electron chi connectivity index (χ1n) is 8.52. The fourth-order valence-corrected chi connectivity index (χ4v) is 4.66. The van der Waals surface area contributed by atoms with Crippen LogP contribution in [-0.4, -0.2) is 24.0 Å². The minimum Gasteiger partial charge on any atom is -0.451 e. The van der Waals surface area contributed by atoms with Crippen LogP contribution >= 0.6 is 11.3 Å². The number of aryl methyl sites for hydroxylation is 1. The molecule has 6 heteroatoms. The van der Waals surface area contributed by atoms with E-state index >= 15 is 0 Å². The first kappa shape index (κ1) is 17.0. The van der Waals surface area contributed by atoms with Crippen molar-refractivity contribution in [3.8, 4) is 6.07 Å². The Morgan fingerprint density at radius 2 is 2.21 bits per heavy atom. The van der Waals surface area contributed by atoms with E-state index in [0.29, 0.717) is 23.6 Å². The van der Waals surface area contributed by atoms with Crippen LogP contribution in [-0.2, 0) is 22.4 Å². The van der Waals surface area contributed by atoms with E-state index in [1.54, 1.807) is 0 Å². The third-order valence-corrected chi connectivity index (χ3v) is 6.13. The van der Waals surface area contributed by atoms with Gasteiger partial charge in [-0.05, 0) is 62.5 Å². The summed E-state index contributed by atoms with van der Waals surface area (Å²) in [4.78, 5) is 26.0. The second-order valence-corrected chi connectivity index (χ2v) is 8.07. The smallest absolute Gasteiger partial charge is 0.348 e. The number of esters is 1. The number of rotatable bonds is 4. The molecule has 0 aromatic carbocycles. The van der Waals surface area contributed by atoms with Crippen molar-refractivity contribution in [2.75, 3.05) is 6.61 Å². The first-order chi connectivity index (χ1) is 11.5. The Balaban J connectivity index is 1.54. The number of hydrogen-bond donors (Lipinski definition) is 1. The van der Waals surface area contributed by atoms with Crippen LogP contribution < -0.4 is 5.32 Å². The molecule has 0 radical (unpaired) electrons. The maximum Gasteiger partial charge on any atom is 0.348 e. The van der Waals surface area contributed by atoms with Crippen LogP contribution in [0.15, 0.2) is 6.07 Å². The van der Waals surface area contributed by atoms with Gasteiger partial charge in [-0.25, -0.2) is 4.79 Å². The van der Waals surface area contributed by atoms with E-state index in [4.69, 9.17) is 4.74 Å². The molecule has 0 saturated heterocycles. The molecule has 0 aliphatic heterocycles. The van der Waals surface area contributed by atoms with Crippen LogP contribution in [0.4, 0.5) is 0 Å². The summed E-state index contributed by atoms with van der Waals surface area (Å²) in [6.07, 6.45) is 6.38. The minimum absolute atomic E-state index is 0.332. The lowest BCUT2D eigenvalue weighted by molar-refractivity contribution is -0.125. The molecule has 1 aromatic rings. The number of carbonyl (C=O) groups is 2. The Morgan fingerprint density at radius 1 is 1.46 bits per heavy atom. The first-order valence-corrected chi connectivity index (χ1v) is 9.34. The Bertz CT molecular complexity index is 683. The van der Waals surface area contributed by atoms with E-state index in [0.717, 1.165) is 32.1 Å². The number of hydrogen-bond acceptors (Lipinski definition) is 5. The molecule has 1 atom stereocenters. The summed E-state index contributed by atoms with van der Waals surface area (Å²) in [5, 5.41) is 12.0. The zero-order valence-electron chi connectivity index (χ0n) is 13.9. The van der Waals surface area contributed by atoms with Crippen molar-refractivity contribution in [2.24, 2.45) is 5.92 Å². The molecule has 0 unspecified atom stereocenters. The highest BCUT2D eigenvalue weighted by molar-refractivity contribution is 7.14. The summed E-state index contributed by atoms with van der Waals surface area (Å²) in [6.45, 7) is 1.89. The van der Waals surface area contributed by atoms with E-state index in [2.05, 4.69) is 18.3 Å². The van der Waals surface area contributed by atoms with E-state index in [-0.39, 0.29) is 6.61 Å². The molecule has 1 N–H and O–H groups in total. The zero-order valence-corrected chi connectivity index (χ0v) is 14.7. The van der Waals surface area contributed by atoms with Gasteiger partial charge in [-0.1, -0.05) is 6.92 Å². The standard InChI is InChI=1S/C18H22N2O3S/c1-12-4-5-14-13(8-12)9-15(24-14)17(22)23-10-16(21)20-18(11-19)6-2-3-7-18/h9,12H,2-8,10H2,1H3,(H,20,21)/t12-/m0/s1. The van der Waals surface area contributed by atoms with Gasteiger partial charge in [0, 0.05) is 4.88 Å².